The molecule has 4 atom stereocenters. The van der Waals surface area contributed by atoms with Gasteiger partial charge in [0.25, 0.3) is 0 Å². The van der Waals surface area contributed by atoms with Crippen molar-refractivity contribution in [2.45, 2.75) is 30.7 Å². The monoisotopic (exact) mass is 264 g/mol. The fraction of sp³-hybridized carbons (Fsp3) is 0.538. The average molecular weight is 264 g/mol. The first-order valence-corrected chi connectivity index (χ1v) is 6.31. The molecule has 19 heavy (non-hydrogen) atoms. The fourth-order valence-corrected chi connectivity index (χ4v) is 3.19. The molecular formula is C13H16N2O4. The summed E-state index contributed by atoms with van der Waals surface area (Å²) in [6.45, 7) is -0.401. The third-order valence-corrected chi connectivity index (χ3v) is 4.20. The number of nitrogens with zero attached hydrogens (tertiary/aromatic N) is 2. The highest BCUT2D eigenvalue weighted by Crippen LogP contribution is 2.37. The Morgan fingerprint density at radius 1 is 1.37 bits per heavy atom. The lowest BCUT2D eigenvalue weighted by Gasteiger charge is -2.42. The maximum atomic E-state index is 12.4. The Morgan fingerprint density at radius 3 is 2.79 bits per heavy atom. The lowest BCUT2D eigenvalue weighted by Crippen LogP contribution is -2.65. The van der Waals surface area contributed by atoms with Crippen LogP contribution in [0, 0.1) is 0 Å². The quantitative estimate of drug-likeness (QED) is 0.613. The van der Waals surface area contributed by atoms with E-state index in [1.807, 2.05) is 6.08 Å². The number of hydrogen-bond acceptors (Lipinski definition) is 4. The molecule has 2 heterocycles. The van der Waals surface area contributed by atoms with E-state index in [1.54, 1.807) is 12.2 Å². The van der Waals surface area contributed by atoms with E-state index in [1.165, 1.54) is 16.8 Å². The van der Waals surface area contributed by atoms with Crippen molar-refractivity contribution >= 4 is 11.8 Å². The van der Waals surface area contributed by atoms with Crippen LogP contribution >= 0.6 is 0 Å². The van der Waals surface area contributed by atoms with Crippen LogP contribution in [0.5, 0.6) is 0 Å². The third kappa shape index (κ3) is 1.56. The van der Waals surface area contributed by atoms with Crippen LogP contribution in [0.15, 0.2) is 23.8 Å². The van der Waals surface area contributed by atoms with Gasteiger partial charge >= 0.3 is 0 Å². The van der Waals surface area contributed by atoms with Crippen molar-refractivity contribution in [1.29, 1.82) is 0 Å². The summed E-state index contributed by atoms with van der Waals surface area (Å²) in [5.41, 5.74) is 0.897. The van der Waals surface area contributed by atoms with Crippen molar-refractivity contribution in [1.82, 2.24) is 9.80 Å². The molecule has 3 rings (SSSR count). The minimum absolute atomic E-state index is 0.179. The summed E-state index contributed by atoms with van der Waals surface area (Å²) in [6, 6.07) is -1.86. The first-order chi connectivity index (χ1) is 9.06. The van der Waals surface area contributed by atoms with Crippen LogP contribution in [0.1, 0.15) is 6.42 Å². The molecule has 2 amide bonds. The number of amides is 2. The molecule has 0 aromatic rings. The van der Waals surface area contributed by atoms with E-state index in [0.29, 0.717) is 6.42 Å². The van der Waals surface area contributed by atoms with Crippen molar-refractivity contribution in [2.75, 3.05) is 13.7 Å². The molecule has 6 heteroatoms. The Labute approximate surface area is 110 Å². The minimum atomic E-state index is -0.846. The largest absolute Gasteiger partial charge is 0.394 e. The van der Waals surface area contributed by atoms with Gasteiger partial charge in [0.2, 0.25) is 11.8 Å². The van der Waals surface area contributed by atoms with Gasteiger partial charge in [0.05, 0.1) is 18.8 Å². The number of piperazine rings is 1. The van der Waals surface area contributed by atoms with E-state index in [4.69, 9.17) is 0 Å². The topological polar surface area (TPSA) is 81.1 Å². The number of rotatable bonds is 1. The number of carbonyl (C=O) groups excluding carboxylic acids is 2. The molecule has 102 valence electrons. The number of fused-ring (bicyclic) bond motifs is 3. The predicted molar refractivity (Wildman–Crippen MR) is 65.9 cm³/mol. The Kier molecular flexibility index (Phi) is 2.72. The van der Waals surface area contributed by atoms with Crippen molar-refractivity contribution in [3.8, 4) is 0 Å². The highest BCUT2D eigenvalue weighted by Gasteiger charge is 2.53. The predicted octanol–water partition coefficient (Wildman–Crippen LogP) is -1.35. The second-order valence-corrected chi connectivity index (χ2v) is 5.17. The van der Waals surface area contributed by atoms with Crippen LogP contribution in [0.3, 0.4) is 0 Å². The van der Waals surface area contributed by atoms with Gasteiger partial charge in [-0.3, -0.25) is 9.59 Å². The van der Waals surface area contributed by atoms with E-state index in [0.717, 1.165) is 5.57 Å². The smallest absolute Gasteiger partial charge is 0.249 e. The molecule has 0 unspecified atom stereocenters. The zero-order valence-electron chi connectivity index (χ0n) is 10.6. The summed E-state index contributed by atoms with van der Waals surface area (Å²) in [5.74, 6) is -0.474. The molecule has 2 fully saturated rings. The van der Waals surface area contributed by atoms with E-state index in [9.17, 15) is 19.8 Å². The lowest BCUT2D eigenvalue weighted by molar-refractivity contribution is -0.162. The standard InChI is InChI=1S/C13H16N2O4/c1-14-9(6-16)13(19)15-8(12(14)18)5-7-3-2-4-10(17)11(7)15/h2-4,8-11,16-17H,5-6H2,1H3/t8-,9-,10-,11-/m0/s1. The number of likely N-dealkylation sites (N-methyl/N-ethyl adjacent to an activating group) is 1. The van der Waals surface area contributed by atoms with Gasteiger partial charge in [-0.2, -0.15) is 0 Å². The van der Waals surface area contributed by atoms with Crippen molar-refractivity contribution < 1.29 is 19.8 Å². The summed E-state index contributed by atoms with van der Waals surface area (Å²) in [5, 5.41) is 19.3. The lowest BCUT2D eigenvalue weighted by atomic mass is 9.97. The molecule has 3 aliphatic rings. The van der Waals surface area contributed by atoms with Gasteiger partial charge in [0.15, 0.2) is 0 Å². The van der Waals surface area contributed by atoms with Gasteiger partial charge in [-0.15, -0.1) is 0 Å². The number of hydrogen-bond donors (Lipinski definition) is 2. The Balaban J connectivity index is 2.01. The van der Waals surface area contributed by atoms with Gasteiger partial charge in [-0.25, -0.2) is 0 Å². The summed E-state index contributed by atoms with van der Waals surface area (Å²) >= 11 is 0. The Morgan fingerprint density at radius 2 is 2.11 bits per heavy atom. The van der Waals surface area contributed by atoms with Gasteiger partial charge in [-0.1, -0.05) is 18.2 Å². The molecule has 1 aliphatic carbocycles. The summed E-state index contributed by atoms with van der Waals surface area (Å²) in [7, 11) is 1.53. The fourth-order valence-electron chi connectivity index (χ4n) is 3.19. The highest BCUT2D eigenvalue weighted by atomic mass is 16.3. The molecule has 2 aliphatic heterocycles. The maximum Gasteiger partial charge on any atom is 0.249 e. The zero-order chi connectivity index (χ0) is 13.7. The summed E-state index contributed by atoms with van der Waals surface area (Å²) < 4.78 is 0. The molecular weight excluding hydrogens is 248 g/mol. The van der Waals surface area contributed by atoms with Crippen LogP contribution in [-0.4, -0.2) is 69.7 Å². The maximum absolute atomic E-state index is 12.4. The Bertz CT molecular complexity index is 499. The van der Waals surface area contributed by atoms with E-state index < -0.39 is 30.8 Å². The van der Waals surface area contributed by atoms with Gasteiger partial charge in [0.1, 0.15) is 12.1 Å². The van der Waals surface area contributed by atoms with E-state index in [-0.39, 0.29) is 11.8 Å². The average Bonchev–Trinajstić information content (AvgIpc) is 2.78. The second kappa shape index (κ2) is 4.18. The molecule has 0 radical (unpaired) electrons. The second-order valence-electron chi connectivity index (χ2n) is 5.17. The third-order valence-electron chi connectivity index (χ3n) is 4.20. The molecule has 0 saturated carbocycles. The van der Waals surface area contributed by atoms with Gasteiger partial charge < -0.3 is 20.0 Å². The zero-order valence-corrected chi connectivity index (χ0v) is 10.6. The number of aliphatic hydroxyl groups is 2. The Hall–Kier alpha value is -1.66. The first-order valence-electron chi connectivity index (χ1n) is 6.31. The van der Waals surface area contributed by atoms with Gasteiger partial charge in [-0.05, 0) is 5.57 Å². The number of aliphatic hydroxyl groups excluding tert-OH is 2. The number of allylic oxidation sites excluding steroid dienone is 2. The molecule has 0 aromatic carbocycles. The molecule has 0 aromatic heterocycles. The highest BCUT2D eigenvalue weighted by molar-refractivity contribution is 5.98. The van der Waals surface area contributed by atoms with Crippen LogP contribution in [0.2, 0.25) is 0 Å². The summed E-state index contributed by atoms with van der Waals surface area (Å²) in [6.07, 6.45) is 4.88. The molecule has 6 nitrogen and oxygen atoms in total. The first kappa shape index (κ1) is 12.4. The summed E-state index contributed by atoms with van der Waals surface area (Å²) in [4.78, 5) is 27.4. The molecule has 2 N–H and O–H groups in total. The molecule has 2 saturated heterocycles. The van der Waals surface area contributed by atoms with Crippen LogP contribution in [0.25, 0.3) is 0 Å². The van der Waals surface area contributed by atoms with Crippen molar-refractivity contribution in [3.05, 3.63) is 23.8 Å². The molecule has 0 spiro atoms. The van der Waals surface area contributed by atoms with Crippen molar-refractivity contribution in [3.63, 3.8) is 0 Å². The number of carbonyl (C=O) groups is 2. The van der Waals surface area contributed by atoms with Crippen LogP contribution in [-0.2, 0) is 9.59 Å². The van der Waals surface area contributed by atoms with Gasteiger partial charge in [0, 0.05) is 13.5 Å². The van der Waals surface area contributed by atoms with Crippen LogP contribution in [0.4, 0.5) is 0 Å². The van der Waals surface area contributed by atoms with Crippen molar-refractivity contribution in [2.24, 2.45) is 0 Å². The van der Waals surface area contributed by atoms with Crippen LogP contribution < -0.4 is 0 Å². The minimum Gasteiger partial charge on any atom is -0.394 e. The van der Waals surface area contributed by atoms with E-state index >= 15 is 0 Å². The SMILES string of the molecule is CN1C(=O)[C@@H]2CC3=CC=C[C@H](O)[C@H]3N2C(=O)[C@@H]1CO. The van der Waals surface area contributed by atoms with E-state index in [2.05, 4.69) is 0 Å². The normalized spacial score (nSPS) is 37.3. The molecule has 0 bridgehead atoms.